The minimum atomic E-state index is 1.06. The molecule has 0 heteroatoms. The van der Waals surface area contributed by atoms with Gasteiger partial charge in [-0.1, -0.05) is 97.1 Å². The number of aryl methyl sites for hydroxylation is 1. The predicted octanol–water partition coefficient (Wildman–Crippen LogP) is 6.88. The van der Waals surface area contributed by atoms with Crippen molar-refractivity contribution in [3.63, 3.8) is 0 Å². The zero-order valence-electron chi connectivity index (χ0n) is 14.4. The van der Waals surface area contributed by atoms with Crippen molar-refractivity contribution in [1.29, 1.82) is 0 Å². The molecule has 0 aliphatic rings. The van der Waals surface area contributed by atoms with Crippen molar-refractivity contribution in [2.45, 2.75) is 6.92 Å². The van der Waals surface area contributed by atoms with Gasteiger partial charge in [0.15, 0.2) is 0 Å². The summed E-state index contributed by atoms with van der Waals surface area (Å²) in [5.74, 6) is 0. The number of hydrogen-bond acceptors (Lipinski definition) is 0. The molecule has 0 aromatic heterocycles. The molecule has 0 aliphatic heterocycles. The second-order valence-electron chi connectivity index (χ2n) is 6.48. The van der Waals surface area contributed by atoms with Crippen LogP contribution in [0.5, 0.6) is 0 Å². The van der Waals surface area contributed by atoms with Crippen LogP contribution in [0.4, 0.5) is 0 Å². The Kier molecular flexibility index (Phi) is 3.95. The van der Waals surface area contributed by atoms with E-state index in [9.17, 15) is 0 Å². The van der Waals surface area contributed by atoms with E-state index in [-0.39, 0.29) is 0 Å². The van der Waals surface area contributed by atoms with Gasteiger partial charge in [0, 0.05) is 0 Å². The molecule has 4 rings (SSSR count). The third kappa shape index (κ3) is 3.12. The first-order chi connectivity index (χ1) is 12.2. The van der Waals surface area contributed by atoms with Crippen molar-refractivity contribution < 1.29 is 0 Å². The highest BCUT2D eigenvalue weighted by molar-refractivity contribution is 5.87. The van der Waals surface area contributed by atoms with Crippen LogP contribution >= 0.6 is 0 Å². The third-order valence-electron chi connectivity index (χ3n) is 4.72. The highest BCUT2D eigenvalue weighted by Crippen LogP contribution is 2.27. The third-order valence-corrected chi connectivity index (χ3v) is 4.72. The molecule has 0 fully saturated rings. The van der Waals surface area contributed by atoms with Gasteiger partial charge in [-0.2, -0.15) is 0 Å². The van der Waals surface area contributed by atoms with Crippen LogP contribution in [0.3, 0.4) is 0 Å². The average Bonchev–Trinajstić information content (AvgIpc) is 2.68. The molecule has 120 valence electrons. The van der Waals surface area contributed by atoms with Gasteiger partial charge in [0.25, 0.3) is 0 Å². The van der Waals surface area contributed by atoms with E-state index in [2.05, 4.69) is 104 Å². The summed E-state index contributed by atoms with van der Waals surface area (Å²) in [6.07, 6.45) is 0. The summed E-state index contributed by atoms with van der Waals surface area (Å²) < 4.78 is 0. The normalized spacial score (nSPS) is 10.8. The molecule has 4 aromatic rings. The van der Waals surface area contributed by atoms with E-state index in [0.29, 0.717) is 0 Å². The lowest BCUT2D eigenvalue weighted by molar-refractivity contribution is 1.45. The maximum atomic E-state index is 4.27. The Morgan fingerprint density at radius 2 is 1.16 bits per heavy atom. The number of fused-ring (bicyclic) bond motifs is 1. The van der Waals surface area contributed by atoms with Crippen LogP contribution in [0.25, 0.3) is 27.5 Å². The zero-order chi connectivity index (χ0) is 17.2. The lowest BCUT2D eigenvalue weighted by Crippen LogP contribution is -1.87. The van der Waals surface area contributed by atoms with Crippen molar-refractivity contribution in [2.75, 3.05) is 0 Å². The highest BCUT2D eigenvalue weighted by atomic mass is 14.1. The van der Waals surface area contributed by atoms with Gasteiger partial charge in [0.1, 0.15) is 0 Å². The second-order valence-corrected chi connectivity index (χ2v) is 6.48. The quantitative estimate of drug-likeness (QED) is 0.386. The molecular weight excluding hydrogens is 300 g/mol. The van der Waals surface area contributed by atoms with E-state index < -0.39 is 0 Å². The smallest absolute Gasteiger partial charge is 0.0178 e. The largest absolute Gasteiger partial charge is 0.0906 e. The maximum absolute atomic E-state index is 4.27. The molecule has 0 atom stereocenters. The Hall–Kier alpha value is -3.12. The van der Waals surface area contributed by atoms with Crippen LogP contribution in [0, 0.1) is 6.92 Å². The topological polar surface area (TPSA) is 0 Å². The van der Waals surface area contributed by atoms with Gasteiger partial charge >= 0.3 is 0 Å². The van der Waals surface area contributed by atoms with Crippen LogP contribution in [-0.2, 0) is 0 Å². The number of hydrogen-bond donors (Lipinski definition) is 0. The first-order valence-electron chi connectivity index (χ1n) is 8.56. The van der Waals surface area contributed by atoms with Crippen molar-refractivity contribution in [2.24, 2.45) is 0 Å². The van der Waals surface area contributed by atoms with E-state index in [1.54, 1.807) is 0 Å². The molecule has 0 heterocycles. The van der Waals surface area contributed by atoms with Crippen LogP contribution in [0.15, 0.2) is 97.6 Å². The Morgan fingerprint density at radius 3 is 1.84 bits per heavy atom. The van der Waals surface area contributed by atoms with Crippen LogP contribution in [0.1, 0.15) is 16.7 Å². The fourth-order valence-corrected chi connectivity index (χ4v) is 3.15. The van der Waals surface area contributed by atoms with Crippen LogP contribution in [-0.4, -0.2) is 0 Å². The first kappa shape index (κ1) is 15.4. The first-order valence-corrected chi connectivity index (χ1v) is 8.56. The molecule has 4 aromatic carbocycles. The number of rotatable bonds is 3. The molecule has 0 saturated heterocycles. The second kappa shape index (κ2) is 6.41. The fraction of sp³-hybridized carbons (Fsp3) is 0.0400. The van der Waals surface area contributed by atoms with Gasteiger partial charge in [-0.25, -0.2) is 0 Å². The zero-order valence-corrected chi connectivity index (χ0v) is 14.4. The monoisotopic (exact) mass is 320 g/mol. The molecule has 0 aliphatic carbocycles. The fourth-order valence-electron chi connectivity index (χ4n) is 3.15. The molecule has 0 radical (unpaired) electrons. The molecule has 0 nitrogen and oxygen atoms in total. The minimum absolute atomic E-state index is 1.06. The van der Waals surface area contributed by atoms with Crippen molar-refractivity contribution in [3.05, 3.63) is 114 Å². The van der Waals surface area contributed by atoms with Gasteiger partial charge in [-0.15, -0.1) is 0 Å². The van der Waals surface area contributed by atoms with E-state index in [1.807, 2.05) is 0 Å². The van der Waals surface area contributed by atoms with Crippen LogP contribution in [0.2, 0.25) is 0 Å². The van der Waals surface area contributed by atoms with E-state index in [0.717, 1.165) is 11.1 Å². The van der Waals surface area contributed by atoms with E-state index >= 15 is 0 Å². The maximum Gasteiger partial charge on any atom is -0.0178 e. The van der Waals surface area contributed by atoms with Gasteiger partial charge in [0.2, 0.25) is 0 Å². The molecule has 0 spiro atoms. The lowest BCUT2D eigenvalue weighted by Gasteiger charge is -2.09. The van der Waals surface area contributed by atoms with Gasteiger partial charge in [-0.3, -0.25) is 0 Å². The standard InChI is InChI=1S/C25H20/c1-18-7-9-20(10-8-18)19(2)21-11-13-23(14-12-21)25-16-15-22-5-3-4-6-24(22)17-25/h3-17H,2H2,1H3. The Labute approximate surface area is 149 Å². The molecule has 0 N–H and O–H groups in total. The summed E-state index contributed by atoms with van der Waals surface area (Å²) in [6.45, 7) is 6.37. The Balaban J connectivity index is 1.64. The summed E-state index contributed by atoms with van der Waals surface area (Å²) in [5.41, 5.74) is 7.13. The van der Waals surface area contributed by atoms with E-state index in [1.165, 1.54) is 33.0 Å². The SMILES string of the molecule is C=C(c1ccc(C)cc1)c1ccc(-c2ccc3ccccc3c2)cc1. The molecular formula is C25H20. The molecule has 0 saturated carbocycles. The van der Waals surface area contributed by atoms with E-state index in [4.69, 9.17) is 0 Å². The summed E-state index contributed by atoms with van der Waals surface area (Å²) in [4.78, 5) is 0. The predicted molar refractivity (Wildman–Crippen MR) is 109 cm³/mol. The van der Waals surface area contributed by atoms with Crippen molar-refractivity contribution in [1.82, 2.24) is 0 Å². The highest BCUT2D eigenvalue weighted by Gasteiger charge is 2.04. The van der Waals surface area contributed by atoms with Gasteiger partial charge in [0.05, 0.1) is 0 Å². The summed E-state index contributed by atoms with van der Waals surface area (Å²) >= 11 is 0. The average molecular weight is 320 g/mol. The molecule has 0 amide bonds. The molecule has 25 heavy (non-hydrogen) atoms. The summed E-state index contributed by atoms with van der Waals surface area (Å²) in [6, 6.07) is 32.3. The Morgan fingerprint density at radius 1 is 0.600 bits per heavy atom. The number of benzene rings is 4. The lowest BCUT2D eigenvalue weighted by atomic mass is 9.95. The summed E-state index contributed by atoms with van der Waals surface area (Å²) in [5, 5.41) is 2.55. The molecule has 0 bridgehead atoms. The van der Waals surface area contributed by atoms with Crippen LogP contribution < -0.4 is 0 Å². The van der Waals surface area contributed by atoms with Crippen molar-refractivity contribution in [3.8, 4) is 11.1 Å². The van der Waals surface area contributed by atoms with Crippen molar-refractivity contribution >= 4 is 16.3 Å². The van der Waals surface area contributed by atoms with Gasteiger partial charge < -0.3 is 0 Å². The Bertz CT molecular complexity index is 1040. The summed E-state index contributed by atoms with van der Waals surface area (Å²) in [7, 11) is 0. The molecule has 0 unspecified atom stereocenters. The minimum Gasteiger partial charge on any atom is -0.0906 e. The van der Waals surface area contributed by atoms with Gasteiger partial charge in [-0.05, 0) is 51.6 Å².